The number of benzene rings is 1. The summed E-state index contributed by atoms with van der Waals surface area (Å²) in [5.41, 5.74) is 5.80. The lowest BCUT2D eigenvalue weighted by molar-refractivity contribution is -0.119. The SMILES string of the molecule is CC(=O)Nc1cc(NC(=O)C(C)CN)ccc1F. The maximum absolute atomic E-state index is 13.3. The van der Waals surface area contributed by atoms with Crippen LogP contribution in [0.2, 0.25) is 0 Å². The van der Waals surface area contributed by atoms with Gasteiger partial charge in [0.1, 0.15) is 5.82 Å². The summed E-state index contributed by atoms with van der Waals surface area (Å²) in [5, 5.41) is 4.94. The molecule has 0 saturated carbocycles. The van der Waals surface area contributed by atoms with E-state index in [0.29, 0.717) is 5.69 Å². The molecule has 1 aromatic rings. The fourth-order valence-corrected chi connectivity index (χ4v) is 1.26. The van der Waals surface area contributed by atoms with Crippen LogP contribution in [-0.4, -0.2) is 18.4 Å². The molecule has 0 saturated heterocycles. The number of nitrogens with one attached hydrogen (secondary N) is 2. The van der Waals surface area contributed by atoms with E-state index >= 15 is 0 Å². The van der Waals surface area contributed by atoms with Gasteiger partial charge in [-0.2, -0.15) is 0 Å². The summed E-state index contributed by atoms with van der Waals surface area (Å²) in [5.74, 6) is -1.53. The van der Waals surface area contributed by atoms with E-state index in [9.17, 15) is 14.0 Å². The van der Waals surface area contributed by atoms with E-state index in [1.54, 1.807) is 6.92 Å². The van der Waals surface area contributed by atoms with Crippen LogP contribution in [0.5, 0.6) is 0 Å². The maximum Gasteiger partial charge on any atom is 0.228 e. The van der Waals surface area contributed by atoms with Gasteiger partial charge in [-0.3, -0.25) is 9.59 Å². The molecule has 2 amide bonds. The van der Waals surface area contributed by atoms with Crippen LogP contribution in [-0.2, 0) is 9.59 Å². The molecule has 0 bridgehead atoms. The molecule has 1 rings (SSSR count). The standard InChI is InChI=1S/C12H16FN3O2/c1-7(6-14)12(18)16-9-3-4-10(13)11(5-9)15-8(2)17/h3-5,7H,6,14H2,1-2H3,(H,15,17)(H,16,18). The smallest absolute Gasteiger partial charge is 0.228 e. The molecule has 5 nitrogen and oxygen atoms in total. The molecule has 18 heavy (non-hydrogen) atoms. The van der Waals surface area contributed by atoms with Crippen LogP contribution in [0, 0.1) is 11.7 Å². The van der Waals surface area contributed by atoms with Crippen LogP contribution in [0.4, 0.5) is 15.8 Å². The lowest BCUT2D eigenvalue weighted by Gasteiger charge is -2.11. The van der Waals surface area contributed by atoms with E-state index in [1.165, 1.54) is 25.1 Å². The summed E-state index contributed by atoms with van der Waals surface area (Å²) < 4.78 is 13.3. The fraction of sp³-hybridized carbons (Fsp3) is 0.333. The van der Waals surface area contributed by atoms with E-state index in [2.05, 4.69) is 10.6 Å². The molecule has 0 heterocycles. The average Bonchev–Trinajstić information content (AvgIpc) is 2.31. The van der Waals surface area contributed by atoms with E-state index in [1.807, 2.05) is 0 Å². The molecule has 4 N–H and O–H groups in total. The van der Waals surface area contributed by atoms with Crippen LogP contribution >= 0.6 is 0 Å². The van der Waals surface area contributed by atoms with Gasteiger partial charge < -0.3 is 16.4 Å². The van der Waals surface area contributed by atoms with Crippen LogP contribution in [0.15, 0.2) is 18.2 Å². The second kappa shape index (κ2) is 6.11. The van der Waals surface area contributed by atoms with Crippen molar-refractivity contribution in [2.75, 3.05) is 17.2 Å². The highest BCUT2D eigenvalue weighted by Crippen LogP contribution is 2.20. The van der Waals surface area contributed by atoms with E-state index < -0.39 is 5.82 Å². The topological polar surface area (TPSA) is 84.2 Å². The Bertz CT molecular complexity index is 463. The highest BCUT2D eigenvalue weighted by Gasteiger charge is 2.12. The molecular formula is C12H16FN3O2. The molecule has 1 aromatic carbocycles. The highest BCUT2D eigenvalue weighted by molar-refractivity contribution is 5.94. The van der Waals surface area contributed by atoms with Crippen molar-refractivity contribution < 1.29 is 14.0 Å². The molecule has 98 valence electrons. The first-order chi connectivity index (χ1) is 8.43. The maximum atomic E-state index is 13.3. The molecule has 0 spiro atoms. The van der Waals surface area contributed by atoms with Gasteiger partial charge >= 0.3 is 0 Å². The molecule has 0 aliphatic heterocycles. The Kier molecular flexibility index (Phi) is 4.79. The number of amides is 2. The Morgan fingerprint density at radius 3 is 2.61 bits per heavy atom. The summed E-state index contributed by atoms with van der Waals surface area (Å²) in [6.07, 6.45) is 0. The fourth-order valence-electron chi connectivity index (χ4n) is 1.26. The minimum absolute atomic E-state index is 0.0284. The number of hydrogen-bond donors (Lipinski definition) is 3. The Labute approximate surface area is 105 Å². The lowest BCUT2D eigenvalue weighted by Crippen LogP contribution is -2.26. The summed E-state index contributed by atoms with van der Waals surface area (Å²) in [6, 6.07) is 3.95. The number of halogens is 1. The quantitative estimate of drug-likeness (QED) is 0.756. The number of hydrogen-bond acceptors (Lipinski definition) is 3. The van der Waals surface area contributed by atoms with Crippen molar-refractivity contribution in [2.24, 2.45) is 11.7 Å². The molecule has 0 fully saturated rings. The summed E-state index contributed by atoms with van der Waals surface area (Å²) in [6.45, 7) is 3.19. The van der Waals surface area contributed by atoms with Gasteiger partial charge in [-0.1, -0.05) is 6.92 Å². The van der Waals surface area contributed by atoms with Crippen molar-refractivity contribution in [2.45, 2.75) is 13.8 Å². The molecule has 0 aliphatic rings. The van der Waals surface area contributed by atoms with Crippen molar-refractivity contribution >= 4 is 23.2 Å². The summed E-state index contributed by atoms with van der Waals surface area (Å²) >= 11 is 0. The number of nitrogens with two attached hydrogens (primary N) is 1. The van der Waals surface area contributed by atoms with Crippen LogP contribution in [0.3, 0.4) is 0 Å². The monoisotopic (exact) mass is 253 g/mol. The second-order valence-electron chi connectivity index (χ2n) is 4.00. The Morgan fingerprint density at radius 1 is 1.39 bits per heavy atom. The molecule has 1 unspecified atom stereocenters. The van der Waals surface area contributed by atoms with Crippen molar-refractivity contribution in [1.29, 1.82) is 0 Å². The predicted octanol–water partition coefficient (Wildman–Crippen LogP) is 1.32. The Balaban J connectivity index is 2.85. The number of rotatable bonds is 4. The third-order valence-electron chi connectivity index (χ3n) is 2.35. The van der Waals surface area contributed by atoms with Crippen molar-refractivity contribution in [1.82, 2.24) is 0 Å². The number of carbonyl (C=O) groups is 2. The third-order valence-corrected chi connectivity index (χ3v) is 2.35. The highest BCUT2D eigenvalue weighted by atomic mass is 19.1. The van der Waals surface area contributed by atoms with Gasteiger partial charge in [0, 0.05) is 25.1 Å². The number of carbonyl (C=O) groups excluding carboxylic acids is 2. The van der Waals surface area contributed by atoms with Crippen molar-refractivity contribution in [3.05, 3.63) is 24.0 Å². The van der Waals surface area contributed by atoms with Gasteiger partial charge in [0.25, 0.3) is 0 Å². The van der Waals surface area contributed by atoms with Gasteiger partial charge in [0.05, 0.1) is 5.69 Å². The van der Waals surface area contributed by atoms with E-state index in [0.717, 1.165) is 0 Å². The van der Waals surface area contributed by atoms with Gasteiger partial charge in [-0.25, -0.2) is 4.39 Å². The average molecular weight is 253 g/mol. The van der Waals surface area contributed by atoms with Gasteiger partial charge in [0.2, 0.25) is 11.8 Å². The van der Waals surface area contributed by atoms with Crippen LogP contribution in [0.25, 0.3) is 0 Å². The first-order valence-electron chi connectivity index (χ1n) is 5.52. The minimum atomic E-state index is -0.560. The lowest BCUT2D eigenvalue weighted by atomic mass is 10.1. The van der Waals surface area contributed by atoms with E-state index in [-0.39, 0.29) is 30.0 Å². The first kappa shape index (κ1) is 14.1. The van der Waals surface area contributed by atoms with Gasteiger partial charge in [0.15, 0.2) is 0 Å². The molecule has 0 aromatic heterocycles. The molecule has 0 radical (unpaired) electrons. The Hall–Kier alpha value is -1.95. The second-order valence-corrected chi connectivity index (χ2v) is 4.00. The molecular weight excluding hydrogens is 237 g/mol. The van der Waals surface area contributed by atoms with Gasteiger partial charge in [-0.05, 0) is 18.2 Å². The minimum Gasteiger partial charge on any atom is -0.330 e. The first-order valence-corrected chi connectivity index (χ1v) is 5.52. The van der Waals surface area contributed by atoms with Crippen LogP contribution < -0.4 is 16.4 Å². The summed E-state index contributed by atoms with van der Waals surface area (Å²) in [7, 11) is 0. The Morgan fingerprint density at radius 2 is 2.06 bits per heavy atom. The molecule has 6 heteroatoms. The van der Waals surface area contributed by atoms with E-state index in [4.69, 9.17) is 5.73 Å². The molecule has 0 aliphatic carbocycles. The van der Waals surface area contributed by atoms with Crippen molar-refractivity contribution in [3.63, 3.8) is 0 Å². The molecule has 1 atom stereocenters. The van der Waals surface area contributed by atoms with Crippen LogP contribution in [0.1, 0.15) is 13.8 Å². The van der Waals surface area contributed by atoms with Gasteiger partial charge in [-0.15, -0.1) is 0 Å². The zero-order valence-corrected chi connectivity index (χ0v) is 10.3. The summed E-state index contributed by atoms with van der Waals surface area (Å²) in [4.78, 5) is 22.5. The predicted molar refractivity (Wildman–Crippen MR) is 67.6 cm³/mol. The normalized spacial score (nSPS) is 11.8. The number of anilines is 2. The zero-order valence-electron chi connectivity index (χ0n) is 10.3. The largest absolute Gasteiger partial charge is 0.330 e. The zero-order chi connectivity index (χ0) is 13.7. The third kappa shape index (κ3) is 3.81. The van der Waals surface area contributed by atoms with Crippen molar-refractivity contribution in [3.8, 4) is 0 Å².